The van der Waals surface area contributed by atoms with E-state index in [2.05, 4.69) is 20.8 Å². The number of hydrogen-bond acceptors (Lipinski definition) is 4. The van der Waals surface area contributed by atoms with Crippen molar-refractivity contribution < 1.29 is 14.6 Å². The van der Waals surface area contributed by atoms with Crippen molar-refractivity contribution >= 4 is 21.7 Å². The number of aliphatic hydroxyl groups excluding tert-OH is 1. The van der Waals surface area contributed by atoms with Crippen LogP contribution in [0, 0.1) is 0 Å². The number of halogens is 1. The van der Waals surface area contributed by atoms with Gasteiger partial charge in [-0.05, 0) is 26.0 Å². The van der Waals surface area contributed by atoms with E-state index in [0.717, 1.165) is 16.6 Å². The predicted molar refractivity (Wildman–Crippen MR) is 85.6 cm³/mol. The van der Waals surface area contributed by atoms with Gasteiger partial charge in [0.05, 0.1) is 18.3 Å². The lowest BCUT2D eigenvalue weighted by atomic mass is 10.0. The molecular formula is C16H22BrNO3. The van der Waals surface area contributed by atoms with Crippen molar-refractivity contribution in [1.82, 2.24) is 4.90 Å². The van der Waals surface area contributed by atoms with E-state index in [0.29, 0.717) is 19.5 Å². The molecule has 2 rings (SSSR count). The Labute approximate surface area is 134 Å². The number of ether oxygens (including phenoxy) is 1. The number of aliphatic hydroxyl groups is 1. The summed E-state index contributed by atoms with van der Waals surface area (Å²) in [5, 5.41) is 9.30. The summed E-state index contributed by atoms with van der Waals surface area (Å²) in [7, 11) is 0. The van der Waals surface area contributed by atoms with Crippen molar-refractivity contribution in [2.75, 3.05) is 26.2 Å². The first kappa shape index (κ1) is 16.6. The maximum Gasteiger partial charge on any atom is 0.164 e. The second-order valence-corrected chi connectivity index (χ2v) is 7.02. The summed E-state index contributed by atoms with van der Waals surface area (Å²) in [5.41, 5.74) is 0.445. The molecular weight excluding hydrogens is 334 g/mol. The second-order valence-electron chi connectivity index (χ2n) is 6.10. The SMILES string of the molecule is CC1(C)CN(CCC(=O)c2cccc(Br)c2)CC(CO)O1. The fraction of sp³-hybridized carbons (Fsp3) is 0.562. The van der Waals surface area contributed by atoms with Crippen molar-refractivity contribution in [2.24, 2.45) is 0 Å². The van der Waals surface area contributed by atoms with Gasteiger partial charge in [0.25, 0.3) is 0 Å². The van der Waals surface area contributed by atoms with Crippen LogP contribution in [0.3, 0.4) is 0 Å². The normalized spacial score (nSPS) is 22.2. The number of carbonyl (C=O) groups is 1. The Bertz CT molecular complexity index is 504. The molecule has 1 aromatic rings. The highest BCUT2D eigenvalue weighted by Crippen LogP contribution is 2.21. The molecule has 0 aromatic heterocycles. The molecule has 1 aliphatic heterocycles. The van der Waals surface area contributed by atoms with Crippen LogP contribution in [0.25, 0.3) is 0 Å². The van der Waals surface area contributed by atoms with Crippen LogP contribution in [0.4, 0.5) is 0 Å². The molecule has 0 radical (unpaired) electrons. The first-order valence-electron chi connectivity index (χ1n) is 7.19. The summed E-state index contributed by atoms with van der Waals surface area (Å²) >= 11 is 3.38. The van der Waals surface area contributed by atoms with E-state index in [1.807, 2.05) is 38.1 Å². The first-order valence-corrected chi connectivity index (χ1v) is 7.99. The van der Waals surface area contributed by atoms with Crippen molar-refractivity contribution in [3.05, 3.63) is 34.3 Å². The molecule has 0 amide bonds. The summed E-state index contributed by atoms with van der Waals surface area (Å²) in [6.07, 6.45) is 0.305. The molecule has 1 aliphatic rings. The average Bonchev–Trinajstić information content (AvgIpc) is 2.43. The Morgan fingerprint density at radius 2 is 2.29 bits per heavy atom. The van der Waals surface area contributed by atoms with Gasteiger partial charge in [-0.15, -0.1) is 0 Å². The third kappa shape index (κ3) is 4.88. The lowest BCUT2D eigenvalue weighted by Crippen LogP contribution is -2.54. The van der Waals surface area contributed by atoms with E-state index in [1.165, 1.54) is 0 Å². The molecule has 5 heteroatoms. The smallest absolute Gasteiger partial charge is 0.164 e. The number of morpholine rings is 1. The summed E-state index contributed by atoms with van der Waals surface area (Å²) in [4.78, 5) is 14.4. The molecule has 1 fully saturated rings. The number of nitrogens with zero attached hydrogens (tertiary/aromatic N) is 1. The molecule has 0 bridgehead atoms. The molecule has 1 N–H and O–H groups in total. The Morgan fingerprint density at radius 3 is 2.95 bits per heavy atom. The fourth-order valence-corrected chi connectivity index (χ4v) is 3.15. The van der Waals surface area contributed by atoms with Crippen LogP contribution in [0.15, 0.2) is 28.7 Å². The summed E-state index contributed by atoms with van der Waals surface area (Å²) in [6.45, 7) is 6.17. The number of benzene rings is 1. The highest BCUT2D eigenvalue weighted by atomic mass is 79.9. The van der Waals surface area contributed by atoms with E-state index in [1.54, 1.807) is 0 Å². The minimum atomic E-state index is -0.287. The van der Waals surface area contributed by atoms with Crippen molar-refractivity contribution in [1.29, 1.82) is 0 Å². The van der Waals surface area contributed by atoms with Gasteiger partial charge in [0, 0.05) is 36.1 Å². The average molecular weight is 356 g/mol. The first-order chi connectivity index (χ1) is 9.89. The van der Waals surface area contributed by atoms with Crippen LogP contribution in [-0.4, -0.2) is 53.7 Å². The minimum Gasteiger partial charge on any atom is -0.394 e. The van der Waals surface area contributed by atoms with Gasteiger partial charge < -0.3 is 9.84 Å². The largest absolute Gasteiger partial charge is 0.394 e. The highest BCUT2D eigenvalue weighted by Gasteiger charge is 2.32. The number of hydrogen-bond donors (Lipinski definition) is 1. The van der Waals surface area contributed by atoms with Crippen LogP contribution in [0.1, 0.15) is 30.6 Å². The standard InChI is InChI=1S/C16H22BrNO3/c1-16(2)11-18(9-14(10-19)21-16)7-6-15(20)12-4-3-5-13(17)8-12/h3-5,8,14,19H,6-7,9-11H2,1-2H3. The highest BCUT2D eigenvalue weighted by molar-refractivity contribution is 9.10. The molecule has 1 heterocycles. The monoisotopic (exact) mass is 355 g/mol. The number of carbonyl (C=O) groups excluding carboxylic acids is 1. The van der Waals surface area contributed by atoms with E-state index in [4.69, 9.17) is 4.74 Å². The van der Waals surface area contributed by atoms with Crippen LogP contribution >= 0.6 is 15.9 Å². The molecule has 1 saturated heterocycles. The van der Waals surface area contributed by atoms with E-state index in [-0.39, 0.29) is 24.1 Å². The molecule has 1 unspecified atom stereocenters. The molecule has 0 aliphatic carbocycles. The van der Waals surface area contributed by atoms with Gasteiger partial charge in [-0.1, -0.05) is 28.1 Å². The van der Waals surface area contributed by atoms with Crippen molar-refractivity contribution in [3.63, 3.8) is 0 Å². The number of rotatable bonds is 5. The van der Waals surface area contributed by atoms with Gasteiger partial charge in [-0.25, -0.2) is 0 Å². The third-order valence-corrected chi connectivity index (χ3v) is 4.05. The van der Waals surface area contributed by atoms with Gasteiger partial charge in [0.15, 0.2) is 5.78 Å². The Balaban J connectivity index is 1.91. The van der Waals surface area contributed by atoms with E-state index >= 15 is 0 Å². The summed E-state index contributed by atoms with van der Waals surface area (Å²) in [5.74, 6) is 0.140. The lowest BCUT2D eigenvalue weighted by Gasteiger charge is -2.42. The van der Waals surface area contributed by atoms with Crippen LogP contribution < -0.4 is 0 Å². The molecule has 0 saturated carbocycles. The topological polar surface area (TPSA) is 49.8 Å². The van der Waals surface area contributed by atoms with Gasteiger partial charge in [0.2, 0.25) is 0 Å². The van der Waals surface area contributed by atoms with Gasteiger partial charge >= 0.3 is 0 Å². The Hall–Kier alpha value is -0.750. The Morgan fingerprint density at radius 1 is 1.52 bits per heavy atom. The number of ketones is 1. The van der Waals surface area contributed by atoms with Crippen LogP contribution in [0.5, 0.6) is 0 Å². The van der Waals surface area contributed by atoms with Gasteiger partial charge in [0.1, 0.15) is 0 Å². The maximum atomic E-state index is 12.2. The molecule has 1 aromatic carbocycles. The van der Waals surface area contributed by atoms with Crippen LogP contribution in [0.2, 0.25) is 0 Å². The third-order valence-electron chi connectivity index (χ3n) is 3.56. The predicted octanol–water partition coefficient (Wildman–Crippen LogP) is 2.49. The van der Waals surface area contributed by atoms with E-state index < -0.39 is 0 Å². The summed E-state index contributed by atoms with van der Waals surface area (Å²) < 4.78 is 6.70. The van der Waals surface area contributed by atoms with Crippen molar-refractivity contribution in [2.45, 2.75) is 32.0 Å². The van der Waals surface area contributed by atoms with Gasteiger partial charge in [-0.3, -0.25) is 9.69 Å². The zero-order valence-corrected chi connectivity index (χ0v) is 14.1. The minimum absolute atomic E-state index is 0.0134. The van der Waals surface area contributed by atoms with Crippen LogP contribution in [-0.2, 0) is 4.74 Å². The zero-order valence-electron chi connectivity index (χ0n) is 12.5. The molecule has 4 nitrogen and oxygen atoms in total. The second kappa shape index (κ2) is 7.01. The fourth-order valence-electron chi connectivity index (χ4n) is 2.75. The molecule has 0 spiro atoms. The van der Waals surface area contributed by atoms with Crippen molar-refractivity contribution in [3.8, 4) is 0 Å². The molecule has 1 atom stereocenters. The zero-order chi connectivity index (χ0) is 15.5. The summed E-state index contributed by atoms with van der Waals surface area (Å²) in [6, 6.07) is 7.47. The number of Topliss-reactive ketones (excluding diaryl/α,β-unsaturated/α-hetero) is 1. The van der Waals surface area contributed by atoms with Gasteiger partial charge in [-0.2, -0.15) is 0 Å². The lowest BCUT2D eigenvalue weighted by molar-refractivity contribution is -0.148. The maximum absolute atomic E-state index is 12.2. The molecule has 21 heavy (non-hydrogen) atoms. The quantitative estimate of drug-likeness (QED) is 0.824. The van der Waals surface area contributed by atoms with E-state index in [9.17, 15) is 9.90 Å². The Kier molecular flexibility index (Phi) is 5.54. The molecule has 116 valence electrons.